The van der Waals surface area contributed by atoms with Crippen molar-refractivity contribution in [2.45, 2.75) is 31.9 Å². The zero-order valence-electron chi connectivity index (χ0n) is 11.0. The van der Waals surface area contributed by atoms with Gasteiger partial charge in [-0.05, 0) is 38.0 Å². The Morgan fingerprint density at radius 1 is 1.47 bits per heavy atom. The minimum atomic E-state index is -0.923. The highest BCUT2D eigenvalue weighted by atomic mass is 32.1. The lowest BCUT2D eigenvalue weighted by molar-refractivity contribution is -0.131. The van der Waals surface area contributed by atoms with Crippen LogP contribution in [0.25, 0.3) is 6.08 Å². The smallest absolute Gasteiger partial charge is 0.328 e. The van der Waals surface area contributed by atoms with Crippen LogP contribution in [-0.4, -0.2) is 39.8 Å². The van der Waals surface area contributed by atoms with E-state index in [1.54, 1.807) is 17.4 Å². The molecule has 0 bridgehead atoms. The van der Waals surface area contributed by atoms with Crippen molar-refractivity contribution in [1.82, 2.24) is 4.90 Å². The van der Waals surface area contributed by atoms with Crippen LogP contribution in [-0.2, 0) is 11.3 Å². The van der Waals surface area contributed by atoms with Gasteiger partial charge in [0.15, 0.2) is 0 Å². The number of thiophene rings is 1. The van der Waals surface area contributed by atoms with Gasteiger partial charge in [-0.2, -0.15) is 0 Å². The molecule has 0 spiro atoms. The molecule has 2 N–H and O–H groups in total. The number of piperidine rings is 1. The van der Waals surface area contributed by atoms with Crippen LogP contribution in [0.15, 0.2) is 18.2 Å². The Morgan fingerprint density at radius 2 is 2.16 bits per heavy atom. The molecule has 1 aromatic rings. The Balaban J connectivity index is 1.88. The number of hydrogen-bond acceptors (Lipinski definition) is 4. The zero-order chi connectivity index (χ0) is 13.9. The van der Waals surface area contributed by atoms with Crippen molar-refractivity contribution in [3.8, 4) is 0 Å². The number of nitrogens with zero attached hydrogens (tertiary/aromatic N) is 1. The summed E-state index contributed by atoms with van der Waals surface area (Å²) in [5.41, 5.74) is -0.513. The molecule has 0 saturated carbocycles. The van der Waals surface area contributed by atoms with Gasteiger partial charge in [-0.1, -0.05) is 0 Å². The van der Waals surface area contributed by atoms with Gasteiger partial charge in [-0.25, -0.2) is 4.79 Å². The molecule has 104 valence electrons. The number of rotatable bonds is 4. The number of carboxylic acid groups (broad SMARTS) is 1. The molecule has 0 atom stereocenters. The monoisotopic (exact) mass is 281 g/mol. The number of aliphatic hydroxyl groups is 1. The predicted octanol–water partition coefficient (Wildman–Crippen LogP) is 2.19. The van der Waals surface area contributed by atoms with Gasteiger partial charge in [-0.15, -0.1) is 11.3 Å². The standard InChI is InChI=1S/C14H19NO3S/c1-14(18)6-8-15(9-7-14)10-12-3-2-11(19-12)4-5-13(16)17/h2-5,18H,6-10H2,1H3,(H,16,17)/b5-4+. The summed E-state index contributed by atoms with van der Waals surface area (Å²) in [7, 11) is 0. The van der Waals surface area contributed by atoms with E-state index in [9.17, 15) is 9.90 Å². The second-order valence-electron chi connectivity index (χ2n) is 5.25. The number of hydrogen-bond donors (Lipinski definition) is 2. The van der Waals surface area contributed by atoms with Gasteiger partial charge in [0.25, 0.3) is 0 Å². The lowest BCUT2D eigenvalue weighted by Gasteiger charge is -2.35. The number of carbonyl (C=O) groups is 1. The number of aliphatic carboxylic acids is 1. The van der Waals surface area contributed by atoms with E-state index in [4.69, 9.17) is 5.11 Å². The fourth-order valence-electron chi connectivity index (χ4n) is 2.14. The average Bonchev–Trinajstić information content (AvgIpc) is 2.77. The average molecular weight is 281 g/mol. The molecular formula is C14H19NO3S. The van der Waals surface area contributed by atoms with Crippen molar-refractivity contribution in [2.75, 3.05) is 13.1 Å². The molecule has 2 heterocycles. The van der Waals surface area contributed by atoms with Gasteiger partial charge >= 0.3 is 5.97 Å². The molecule has 19 heavy (non-hydrogen) atoms. The molecule has 1 aromatic heterocycles. The van der Waals surface area contributed by atoms with Crippen molar-refractivity contribution >= 4 is 23.4 Å². The third-order valence-corrected chi connectivity index (χ3v) is 4.42. The maximum Gasteiger partial charge on any atom is 0.328 e. The molecule has 0 unspecified atom stereocenters. The SMILES string of the molecule is CC1(O)CCN(Cc2ccc(/C=C/C(=O)O)s2)CC1. The van der Waals surface area contributed by atoms with Gasteiger partial charge in [0, 0.05) is 35.5 Å². The summed E-state index contributed by atoms with van der Waals surface area (Å²) >= 11 is 1.61. The van der Waals surface area contributed by atoms with Crippen LogP contribution in [0.1, 0.15) is 29.5 Å². The molecule has 1 fully saturated rings. The lowest BCUT2D eigenvalue weighted by Crippen LogP contribution is -2.41. The third kappa shape index (κ3) is 4.45. The molecule has 0 amide bonds. The molecule has 1 aliphatic rings. The summed E-state index contributed by atoms with van der Waals surface area (Å²) in [5, 5.41) is 18.5. The van der Waals surface area contributed by atoms with E-state index in [1.165, 1.54) is 4.88 Å². The maximum absolute atomic E-state index is 10.4. The Hall–Kier alpha value is -1.17. The largest absolute Gasteiger partial charge is 0.478 e. The molecule has 0 aromatic carbocycles. The van der Waals surface area contributed by atoms with Crippen LogP contribution in [0.3, 0.4) is 0 Å². The van der Waals surface area contributed by atoms with Crippen LogP contribution in [0.2, 0.25) is 0 Å². The van der Waals surface area contributed by atoms with E-state index in [0.29, 0.717) is 0 Å². The molecule has 4 nitrogen and oxygen atoms in total. The summed E-state index contributed by atoms with van der Waals surface area (Å²) < 4.78 is 0. The first-order valence-corrected chi connectivity index (χ1v) is 7.21. The Kier molecular flexibility index (Phi) is 4.39. The topological polar surface area (TPSA) is 60.8 Å². The molecule has 5 heteroatoms. The van der Waals surface area contributed by atoms with Crippen LogP contribution >= 0.6 is 11.3 Å². The normalized spacial score (nSPS) is 19.9. The minimum Gasteiger partial charge on any atom is -0.478 e. The molecular weight excluding hydrogens is 262 g/mol. The molecule has 1 saturated heterocycles. The second-order valence-corrected chi connectivity index (χ2v) is 6.45. The third-order valence-electron chi connectivity index (χ3n) is 3.39. The van der Waals surface area contributed by atoms with Crippen LogP contribution in [0, 0.1) is 0 Å². The lowest BCUT2D eigenvalue weighted by atomic mass is 9.94. The molecule has 0 aliphatic carbocycles. The van der Waals surface area contributed by atoms with Crippen molar-refractivity contribution in [2.24, 2.45) is 0 Å². The van der Waals surface area contributed by atoms with Crippen LogP contribution in [0.5, 0.6) is 0 Å². The fraction of sp³-hybridized carbons (Fsp3) is 0.500. The highest BCUT2D eigenvalue weighted by Gasteiger charge is 2.27. The summed E-state index contributed by atoms with van der Waals surface area (Å²) in [6.07, 6.45) is 4.40. The fourth-order valence-corrected chi connectivity index (χ4v) is 3.09. The summed E-state index contributed by atoms with van der Waals surface area (Å²) in [4.78, 5) is 15.0. The maximum atomic E-state index is 10.4. The highest BCUT2D eigenvalue weighted by Crippen LogP contribution is 2.25. The molecule has 0 radical (unpaired) electrons. The Bertz CT molecular complexity index is 469. The van der Waals surface area contributed by atoms with E-state index in [2.05, 4.69) is 4.90 Å². The van der Waals surface area contributed by atoms with Gasteiger partial charge in [0.1, 0.15) is 0 Å². The quantitative estimate of drug-likeness (QED) is 0.831. The van der Waals surface area contributed by atoms with Crippen LogP contribution < -0.4 is 0 Å². The van der Waals surface area contributed by atoms with Gasteiger partial charge in [0.2, 0.25) is 0 Å². The van der Waals surface area contributed by atoms with Crippen molar-refractivity contribution < 1.29 is 15.0 Å². The predicted molar refractivity (Wildman–Crippen MR) is 76.1 cm³/mol. The number of carboxylic acids is 1. The van der Waals surface area contributed by atoms with Crippen LogP contribution in [0.4, 0.5) is 0 Å². The van der Waals surface area contributed by atoms with Crippen molar-refractivity contribution in [1.29, 1.82) is 0 Å². The zero-order valence-corrected chi connectivity index (χ0v) is 11.8. The molecule has 1 aliphatic heterocycles. The first kappa shape index (κ1) is 14.2. The minimum absolute atomic E-state index is 0.513. The van der Waals surface area contributed by atoms with Gasteiger partial charge in [-0.3, -0.25) is 4.90 Å². The summed E-state index contributed by atoms with van der Waals surface area (Å²) in [5.74, 6) is -0.923. The summed E-state index contributed by atoms with van der Waals surface area (Å²) in [6, 6.07) is 3.98. The second kappa shape index (κ2) is 5.86. The molecule has 2 rings (SSSR count). The van der Waals surface area contributed by atoms with E-state index in [-0.39, 0.29) is 0 Å². The Morgan fingerprint density at radius 3 is 2.79 bits per heavy atom. The van der Waals surface area contributed by atoms with E-state index in [0.717, 1.165) is 43.4 Å². The first-order valence-electron chi connectivity index (χ1n) is 6.39. The summed E-state index contributed by atoms with van der Waals surface area (Å²) in [6.45, 7) is 4.59. The van der Waals surface area contributed by atoms with Crippen molar-refractivity contribution in [3.05, 3.63) is 28.0 Å². The first-order chi connectivity index (χ1) is 8.94. The van der Waals surface area contributed by atoms with E-state index in [1.807, 2.05) is 19.1 Å². The Labute approximate surface area is 117 Å². The highest BCUT2D eigenvalue weighted by molar-refractivity contribution is 7.12. The van der Waals surface area contributed by atoms with E-state index < -0.39 is 11.6 Å². The van der Waals surface area contributed by atoms with Crippen molar-refractivity contribution in [3.63, 3.8) is 0 Å². The van der Waals surface area contributed by atoms with Gasteiger partial charge < -0.3 is 10.2 Å². The van der Waals surface area contributed by atoms with E-state index >= 15 is 0 Å². The number of likely N-dealkylation sites (tertiary alicyclic amines) is 1. The van der Waals surface area contributed by atoms with Gasteiger partial charge in [0.05, 0.1) is 5.60 Å².